The predicted octanol–water partition coefficient (Wildman–Crippen LogP) is 0.540. The first-order valence-corrected chi connectivity index (χ1v) is 4.43. The Bertz CT molecular complexity index is 367. The summed E-state index contributed by atoms with van der Waals surface area (Å²) in [6, 6.07) is 7.83. The number of hydrogen-bond acceptors (Lipinski definition) is 4. The number of rotatable bonds is 4. The maximum atomic E-state index is 11.4. The van der Waals surface area contributed by atoms with Crippen LogP contribution in [0.5, 0.6) is 5.75 Å². The Balaban J connectivity index is 2.41. The molecule has 1 aromatic rings. The summed E-state index contributed by atoms with van der Waals surface area (Å²) in [6.07, 6.45) is 0.329. The smallest absolute Gasteiger partial charge is 0.265 e. The zero-order valence-electron chi connectivity index (χ0n) is 8.03. The van der Waals surface area contributed by atoms with Gasteiger partial charge in [-0.25, -0.2) is 5.43 Å². The fourth-order valence-electron chi connectivity index (χ4n) is 0.946. The standard InChI is InChI=1S/C10H11N3O2/c11-6-1-7-12-13-10(15)8-2-4-9(14)5-3-8/h2-5,12,14H,1,7H2,(H,13,15). The Labute approximate surface area is 87.3 Å². The molecule has 5 nitrogen and oxygen atoms in total. The Morgan fingerprint density at radius 2 is 2.07 bits per heavy atom. The second-order valence-corrected chi connectivity index (χ2v) is 2.84. The number of hydrazine groups is 1. The summed E-state index contributed by atoms with van der Waals surface area (Å²) in [5, 5.41) is 17.2. The minimum atomic E-state index is -0.298. The zero-order valence-corrected chi connectivity index (χ0v) is 8.03. The largest absolute Gasteiger partial charge is 0.508 e. The van der Waals surface area contributed by atoms with Crippen LogP contribution in [0.4, 0.5) is 0 Å². The van der Waals surface area contributed by atoms with E-state index >= 15 is 0 Å². The van der Waals surface area contributed by atoms with Gasteiger partial charge < -0.3 is 5.11 Å². The molecule has 0 aliphatic carbocycles. The lowest BCUT2D eigenvalue weighted by Gasteiger charge is -2.04. The highest BCUT2D eigenvalue weighted by Gasteiger charge is 2.03. The molecule has 15 heavy (non-hydrogen) atoms. The van der Waals surface area contributed by atoms with E-state index in [1.165, 1.54) is 24.3 Å². The van der Waals surface area contributed by atoms with Crippen LogP contribution in [0.25, 0.3) is 0 Å². The van der Waals surface area contributed by atoms with Crippen LogP contribution in [0.2, 0.25) is 0 Å². The number of phenolic OH excluding ortho intramolecular Hbond substituents is 1. The second-order valence-electron chi connectivity index (χ2n) is 2.84. The summed E-state index contributed by atoms with van der Waals surface area (Å²) in [5.41, 5.74) is 5.49. The van der Waals surface area contributed by atoms with Gasteiger partial charge in [0.05, 0.1) is 6.07 Å². The fourth-order valence-corrected chi connectivity index (χ4v) is 0.946. The molecule has 0 aliphatic rings. The third-order valence-electron chi connectivity index (χ3n) is 1.69. The maximum absolute atomic E-state index is 11.4. The number of carbonyl (C=O) groups excluding carboxylic acids is 1. The monoisotopic (exact) mass is 205 g/mol. The van der Waals surface area contributed by atoms with Crippen molar-refractivity contribution in [2.75, 3.05) is 6.54 Å². The molecule has 0 aromatic heterocycles. The Morgan fingerprint density at radius 1 is 1.40 bits per heavy atom. The van der Waals surface area contributed by atoms with Crippen LogP contribution >= 0.6 is 0 Å². The molecule has 5 heteroatoms. The van der Waals surface area contributed by atoms with Crippen molar-refractivity contribution in [3.8, 4) is 11.8 Å². The topological polar surface area (TPSA) is 85.2 Å². The molecule has 78 valence electrons. The zero-order chi connectivity index (χ0) is 11.1. The van der Waals surface area contributed by atoms with Crippen molar-refractivity contribution in [2.45, 2.75) is 6.42 Å². The quantitative estimate of drug-likeness (QED) is 0.494. The Morgan fingerprint density at radius 3 is 2.67 bits per heavy atom. The maximum Gasteiger partial charge on any atom is 0.265 e. The Kier molecular flexibility index (Phi) is 4.13. The van der Waals surface area contributed by atoms with Crippen LogP contribution < -0.4 is 10.9 Å². The molecule has 0 bridgehead atoms. The molecule has 0 saturated heterocycles. The molecule has 0 radical (unpaired) electrons. The molecule has 0 aliphatic heterocycles. The third kappa shape index (κ3) is 3.67. The van der Waals surface area contributed by atoms with E-state index in [4.69, 9.17) is 10.4 Å². The normalized spacial score (nSPS) is 9.27. The number of amides is 1. The number of carbonyl (C=O) groups is 1. The minimum absolute atomic E-state index is 0.115. The van der Waals surface area contributed by atoms with Gasteiger partial charge in [0, 0.05) is 18.5 Å². The highest BCUT2D eigenvalue weighted by atomic mass is 16.3. The van der Waals surface area contributed by atoms with Crippen molar-refractivity contribution in [3.63, 3.8) is 0 Å². The second kappa shape index (κ2) is 5.62. The van der Waals surface area contributed by atoms with Crippen LogP contribution in [0, 0.1) is 11.3 Å². The molecule has 1 aromatic carbocycles. The van der Waals surface area contributed by atoms with E-state index in [0.717, 1.165) is 0 Å². The van der Waals surface area contributed by atoms with Crippen LogP contribution in [0.3, 0.4) is 0 Å². The Hall–Kier alpha value is -2.06. The van der Waals surface area contributed by atoms with Crippen molar-refractivity contribution in [1.29, 1.82) is 5.26 Å². The van der Waals surface area contributed by atoms with E-state index in [1.54, 1.807) is 0 Å². The van der Waals surface area contributed by atoms with Crippen molar-refractivity contribution in [3.05, 3.63) is 29.8 Å². The van der Waals surface area contributed by atoms with Gasteiger partial charge in [0.15, 0.2) is 0 Å². The van der Waals surface area contributed by atoms with E-state index in [9.17, 15) is 4.79 Å². The number of nitrogens with one attached hydrogen (secondary N) is 2. The van der Waals surface area contributed by atoms with Gasteiger partial charge in [0.1, 0.15) is 5.75 Å². The van der Waals surface area contributed by atoms with E-state index in [2.05, 4.69) is 10.9 Å². The third-order valence-corrected chi connectivity index (χ3v) is 1.69. The van der Waals surface area contributed by atoms with Gasteiger partial charge in [0.2, 0.25) is 0 Å². The first-order chi connectivity index (χ1) is 7.24. The molecule has 3 N–H and O–H groups in total. The van der Waals surface area contributed by atoms with Crippen molar-refractivity contribution < 1.29 is 9.90 Å². The van der Waals surface area contributed by atoms with Crippen molar-refractivity contribution in [1.82, 2.24) is 10.9 Å². The molecule has 0 saturated carbocycles. The average Bonchev–Trinajstić information content (AvgIpc) is 2.25. The first kappa shape index (κ1) is 11.0. The van der Waals surface area contributed by atoms with Gasteiger partial charge in [0.25, 0.3) is 5.91 Å². The average molecular weight is 205 g/mol. The van der Waals surface area contributed by atoms with Crippen molar-refractivity contribution in [2.24, 2.45) is 0 Å². The summed E-state index contributed by atoms with van der Waals surface area (Å²) in [5.74, 6) is -0.183. The summed E-state index contributed by atoms with van der Waals surface area (Å²) in [7, 11) is 0. The SMILES string of the molecule is N#CCCNNC(=O)c1ccc(O)cc1. The van der Waals surface area contributed by atoms with Gasteiger partial charge in [-0.1, -0.05) is 0 Å². The van der Waals surface area contributed by atoms with Crippen LogP contribution in [-0.2, 0) is 0 Å². The van der Waals surface area contributed by atoms with Gasteiger partial charge in [-0.15, -0.1) is 0 Å². The summed E-state index contributed by atoms with van der Waals surface area (Å²) in [4.78, 5) is 11.4. The molecule has 0 spiro atoms. The molecular weight excluding hydrogens is 194 g/mol. The highest BCUT2D eigenvalue weighted by molar-refractivity contribution is 5.93. The van der Waals surface area contributed by atoms with E-state index < -0.39 is 0 Å². The van der Waals surface area contributed by atoms with Gasteiger partial charge >= 0.3 is 0 Å². The number of nitriles is 1. The number of phenols is 1. The lowest BCUT2D eigenvalue weighted by Crippen LogP contribution is -2.37. The minimum Gasteiger partial charge on any atom is -0.508 e. The van der Waals surface area contributed by atoms with E-state index in [0.29, 0.717) is 18.5 Å². The van der Waals surface area contributed by atoms with Gasteiger partial charge in [-0.3, -0.25) is 10.2 Å². The molecule has 0 unspecified atom stereocenters. The molecule has 0 fully saturated rings. The molecule has 0 atom stereocenters. The first-order valence-electron chi connectivity index (χ1n) is 4.43. The van der Waals surface area contributed by atoms with Crippen LogP contribution in [0.1, 0.15) is 16.8 Å². The summed E-state index contributed by atoms with van der Waals surface area (Å²) < 4.78 is 0. The van der Waals surface area contributed by atoms with E-state index in [-0.39, 0.29) is 11.7 Å². The highest BCUT2D eigenvalue weighted by Crippen LogP contribution is 2.08. The number of nitrogens with zero attached hydrogens (tertiary/aromatic N) is 1. The summed E-state index contributed by atoms with van der Waals surface area (Å²) >= 11 is 0. The number of hydrogen-bond donors (Lipinski definition) is 3. The number of benzene rings is 1. The fraction of sp³-hybridized carbons (Fsp3) is 0.200. The summed E-state index contributed by atoms with van der Waals surface area (Å²) in [6.45, 7) is 0.403. The van der Waals surface area contributed by atoms with Gasteiger partial charge in [-0.2, -0.15) is 5.26 Å². The molecule has 1 rings (SSSR count). The van der Waals surface area contributed by atoms with Crippen LogP contribution in [0.15, 0.2) is 24.3 Å². The predicted molar refractivity (Wildman–Crippen MR) is 53.8 cm³/mol. The van der Waals surface area contributed by atoms with E-state index in [1.807, 2.05) is 6.07 Å². The molecule has 0 heterocycles. The lowest BCUT2D eigenvalue weighted by molar-refractivity contribution is 0.0934. The lowest BCUT2D eigenvalue weighted by atomic mass is 10.2. The number of aromatic hydroxyl groups is 1. The van der Waals surface area contributed by atoms with Crippen LogP contribution in [-0.4, -0.2) is 17.6 Å². The van der Waals surface area contributed by atoms with Gasteiger partial charge in [-0.05, 0) is 24.3 Å². The molecule has 1 amide bonds. The van der Waals surface area contributed by atoms with Crippen molar-refractivity contribution >= 4 is 5.91 Å². The molecular formula is C10H11N3O2.